The van der Waals surface area contributed by atoms with E-state index in [2.05, 4.69) is 10.3 Å². The van der Waals surface area contributed by atoms with Crippen molar-refractivity contribution < 1.29 is 4.79 Å². The van der Waals surface area contributed by atoms with E-state index in [0.29, 0.717) is 6.42 Å². The normalized spacial score (nSPS) is 20.8. The molecule has 22 heavy (non-hydrogen) atoms. The van der Waals surface area contributed by atoms with Gasteiger partial charge in [0.15, 0.2) is 0 Å². The summed E-state index contributed by atoms with van der Waals surface area (Å²) in [6.07, 6.45) is 9.31. The molecule has 122 valence electrons. The van der Waals surface area contributed by atoms with Crippen molar-refractivity contribution in [2.24, 2.45) is 0 Å². The number of rotatable bonds is 4. The molecule has 2 saturated heterocycles. The lowest BCUT2D eigenvalue weighted by Gasteiger charge is -2.25. The van der Waals surface area contributed by atoms with Crippen LogP contribution in [0.3, 0.4) is 0 Å². The molecule has 2 fully saturated rings. The van der Waals surface area contributed by atoms with Gasteiger partial charge >= 0.3 is 0 Å². The molecular weight excluding hydrogens is 294 g/mol. The van der Waals surface area contributed by atoms with Crippen molar-refractivity contribution in [1.29, 1.82) is 0 Å². The van der Waals surface area contributed by atoms with Crippen molar-refractivity contribution in [1.82, 2.24) is 14.8 Å². The average molecular weight is 321 g/mol. The Balaban J connectivity index is 1.51. The first-order valence-corrected chi connectivity index (χ1v) is 9.62. The Kier molecular flexibility index (Phi) is 5.84. The summed E-state index contributed by atoms with van der Waals surface area (Å²) < 4.78 is 0. The molecule has 2 aliphatic heterocycles. The van der Waals surface area contributed by atoms with Gasteiger partial charge in [-0.05, 0) is 38.8 Å². The van der Waals surface area contributed by atoms with Crippen LogP contribution in [-0.2, 0) is 17.8 Å². The third-order valence-corrected chi connectivity index (χ3v) is 5.58. The third kappa shape index (κ3) is 4.53. The van der Waals surface area contributed by atoms with Gasteiger partial charge in [0.1, 0.15) is 5.01 Å². The van der Waals surface area contributed by atoms with Crippen molar-refractivity contribution in [2.45, 2.75) is 57.9 Å². The van der Waals surface area contributed by atoms with Gasteiger partial charge in [0.2, 0.25) is 5.91 Å². The average Bonchev–Trinajstić information content (AvgIpc) is 2.80. The van der Waals surface area contributed by atoms with E-state index in [1.807, 2.05) is 4.90 Å². The van der Waals surface area contributed by atoms with E-state index in [1.165, 1.54) is 50.2 Å². The molecule has 0 atom stereocenters. The van der Waals surface area contributed by atoms with E-state index < -0.39 is 0 Å². The summed E-state index contributed by atoms with van der Waals surface area (Å²) in [6.45, 7) is 5.22. The molecular formula is C17H27N3OS. The van der Waals surface area contributed by atoms with Crippen LogP contribution in [0.2, 0.25) is 0 Å². The monoisotopic (exact) mass is 321 g/mol. The van der Waals surface area contributed by atoms with Crippen molar-refractivity contribution in [2.75, 3.05) is 26.2 Å². The van der Waals surface area contributed by atoms with E-state index in [0.717, 1.165) is 38.2 Å². The van der Waals surface area contributed by atoms with Crippen molar-refractivity contribution in [3.8, 4) is 0 Å². The molecule has 5 heteroatoms. The fraction of sp³-hybridized carbons (Fsp3) is 0.765. The van der Waals surface area contributed by atoms with E-state index in [-0.39, 0.29) is 5.91 Å². The number of carbonyl (C=O) groups excluding carboxylic acids is 1. The second-order valence-electron chi connectivity index (χ2n) is 6.54. The van der Waals surface area contributed by atoms with Gasteiger partial charge in [0.05, 0.1) is 18.7 Å². The molecule has 1 aromatic heterocycles. The standard InChI is InChI=1S/C17H27N3OS/c21-17(20-10-6-1-2-7-11-20)12-15-14-22-16(18-15)13-19-8-4-3-5-9-19/h14H,1-13H2. The van der Waals surface area contributed by atoms with Crippen LogP contribution >= 0.6 is 11.3 Å². The number of hydrogen-bond acceptors (Lipinski definition) is 4. The number of nitrogens with zero attached hydrogens (tertiary/aromatic N) is 3. The van der Waals surface area contributed by atoms with Crippen molar-refractivity contribution >= 4 is 17.2 Å². The highest BCUT2D eigenvalue weighted by molar-refractivity contribution is 7.09. The van der Waals surface area contributed by atoms with Gasteiger partial charge in [-0.25, -0.2) is 4.98 Å². The maximum Gasteiger partial charge on any atom is 0.228 e. The SMILES string of the molecule is O=C(Cc1csc(CN2CCCCC2)n1)N1CCCCCC1. The third-order valence-electron chi connectivity index (χ3n) is 4.70. The van der Waals surface area contributed by atoms with Gasteiger partial charge in [-0.2, -0.15) is 0 Å². The van der Waals surface area contributed by atoms with Crippen LogP contribution in [0.5, 0.6) is 0 Å². The van der Waals surface area contributed by atoms with Gasteiger partial charge in [0, 0.05) is 18.5 Å². The number of aromatic nitrogens is 1. The number of carbonyl (C=O) groups is 1. The highest BCUT2D eigenvalue weighted by atomic mass is 32.1. The smallest absolute Gasteiger partial charge is 0.228 e. The minimum absolute atomic E-state index is 0.261. The van der Waals surface area contributed by atoms with Crippen molar-refractivity contribution in [3.63, 3.8) is 0 Å². The number of piperidine rings is 1. The summed E-state index contributed by atoms with van der Waals surface area (Å²) in [6, 6.07) is 0. The second-order valence-corrected chi connectivity index (χ2v) is 7.48. The molecule has 4 nitrogen and oxygen atoms in total. The van der Waals surface area contributed by atoms with E-state index in [4.69, 9.17) is 4.98 Å². The number of thiazole rings is 1. The summed E-state index contributed by atoms with van der Waals surface area (Å²) in [7, 11) is 0. The zero-order chi connectivity index (χ0) is 15.2. The maximum absolute atomic E-state index is 12.4. The molecule has 0 spiro atoms. The van der Waals surface area contributed by atoms with Crippen LogP contribution in [-0.4, -0.2) is 46.9 Å². The summed E-state index contributed by atoms with van der Waals surface area (Å²) in [5.74, 6) is 0.261. The Bertz CT molecular complexity index is 474. The summed E-state index contributed by atoms with van der Waals surface area (Å²) >= 11 is 1.71. The van der Waals surface area contributed by atoms with Crippen LogP contribution in [0.15, 0.2) is 5.38 Å². The molecule has 0 unspecified atom stereocenters. The molecule has 3 heterocycles. The molecule has 3 rings (SSSR count). The molecule has 0 N–H and O–H groups in total. The predicted octanol–water partition coefficient (Wildman–Crippen LogP) is 3.07. The highest BCUT2D eigenvalue weighted by Crippen LogP contribution is 2.17. The summed E-state index contributed by atoms with van der Waals surface area (Å²) in [5, 5.41) is 3.25. The lowest BCUT2D eigenvalue weighted by Crippen LogP contribution is -2.33. The van der Waals surface area contributed by atoms with Crippen LogP contribution < -0.4 is 0 Å². The lowest BCUT2D eigenvalue weighted by molar-refractivity contribution is -0.130. The van der Waals surface area contributed by atoms with Crippen molar-refractivity contribution in [3.05, 3.63) is 16.1 Å². The second kappa shape index (κ2) is 8.06. The van der Waals surface area contributed by atoms with Crippen LogP contribution in [0.4, 0.5) is 0 Å². The van der Waals surface area contributed by atoms with Gasteiger partial charge in [-0.15, -0.1) is 11.3 Å². The quantitative estimate of drug-likeness (QED) is 0.855. The van der Waals surface area contributed by atoms with E-state index in [9.17, 15) is 4.79 Å². The Labute approximate surface area is 137 Å². The molecule has 1 aromatic rings. The van der Waals surface area contributed by atoms with Crippen LogP contribution in [0.25, 0.3) is 0 Å². The fourth-order valence-corrected chi connectivity index (χ4v) is 4.23. The first-order chi connectivity index (χ1) is 10.8. The van der Waals surface area contributed by atoms with E-state index in [1.54, 1.807) is 11.3 Å². The van der Waals surface area contributed by atoms with Crippen LogP contribution in [0.1, 0.15) is 55.6 Å². The van der Waals surface area contributed by atoms with Gasteiger partial charge in [0.25, 0.3) is 0 Å². The summed E-state index contributed by atoms with van der Waals surface area (Å²) in [5.41, 5.74) is 0.964. The molecule has 0 radical (unpaired) electrons. The number of amides is 1. The molecule has 0 aromatic carbocycles. The predicted molar refractivity (Wildman–Crippen MR) is 90.0 cm³/mol. The topological polar surface area (TPSA) is 36.4 Å². The Morgan fingerprint density at radius 1 is 1.00 bits per heavy atom. The van der Waals surface area contributed by atoms with Crippen LogP contribution in [0, 0.1) is 0 Å². The Morgan fingerprint density at radius 3 is 2.36 bits per heavy atom. The minimum atomic E-state index is 0.261. The molecule has 0 saturated carbocycles. The lowest BCUT2D eigenvalue weighted by atomic mass is 10.1. The summed E-state index contributed by atoms with van der Waals surface area (Å²) in [4.78, 5) is 21.6. The van der Waals surface area contributed by atoms with E-state index >= 15 is 0 Å². The van der Waals surface area contributed by atoms with Gasteiger partial charge < -0.3 is 4.90 Å². The first kappa shape index (κ1) is 15.9. The molecule has 0 aliphatic carbocycles. The number of likely N-dealkylation sites (tertiary alicyclic amines) is 2. The Hall–Kier alpha value is -0.940. The molecule has 2 aliphatic rings. The first-order valence-electron chi connectivity index (χ1n) is 8.75. The maximum atomic E-state index is 12.4. The van der Waals surface area contributed by atoms with Gasteiger partial charge in [-0.1, -0.05) is 19.3 Å². The molecule has 1 amide bonds. The largest absolute Gasteiger partial charge is 0.342 e. The molecule has 0 bridgehead atoms. The minimum Gasteiger partial charge on any atom is -0.342 e. The number of hydrogen-bond donors (Lipinski definition) is 0. The Morgan fingerprint density at radius 2 is 1.64 bits per heavy atom. The zero-order valence-electron chi connectivity index (χ0n) is 13.4. The fourth-order valence-electron chi connectivity index (χ4n) is 3.40. The van der Waals surface area contributed by atoms with Gasteiger partial charge in [-0.3, -0.25) is 9.69 Å². The zero-order valence-corrected chi connectivity index (χ0v) is 14.2. The highest BCUT2D eigenvalue weighted by Gasteiger charge is 2.18.